The van der Waals surface area contributed by atoms with Crippen LogP contribution in [0.1, 0.15) is 33.1 Å². The average Bonchev–Trinajstić information content (AvgIpc) is 2.73. The Morgan fingerprint density at radius 2 is 2.24 bits per heavy atom. The molecule has 96 valence electrons. The molecule has 2 saturated heterocycles. The number of hydrogen-bond donors (Lipinski definition) is 1. The van der Waals surface area contributed by atoms with E-state index in [2.05, 4.69) is 22.8 Å². The van der Waals surface area contributed by atoms with Crippen LogP contribution in [-0.2, 0) is 0 Å². The zero-order valence-electron chi connectivity index (χ0n) is 11.0. The van der Waals surface area contributed by atoms with Gasteiger partial charge in [0.25, 0.3) is 0 Å². The van der Waals surface area contributed by atoms with E-state index in [1.165, 1.54) is 25.9 Å². The fourth-order valence-electron chi connectivity index (χ4n) is 2.99. The fraction of sp³-hybridized carbons (Fsp3) is 0.923. The van der Waals surface area contributed by atoms with E-state index in [0.717, 1.165) is 25.6 Å². The molecule has 4 nitrogen and oxygen atoms in total. The Bertz CT molecular complexity index is 307. The number of piperazine rings is 1. The summed E-state index contributed by atoms with van der Waals surface area (Å²) in [6.45, 7) is 8.67. The second kappa shape index (κ2) is 4.93. The Morgan fingerprint density at radius 1 is 1.47 bits per heavy atom. The molecule has 17 heavy (non-hydrogen) atoms. The summed E-state index contributed by atoms with van der Waals surface area (Å²) in [4.78, 5) is 5.13. The smallest absolute Gasteiger partial charge is 0.102 e. The van der Waals surface area contributed by atoms with E-state index < -0.39 is 5.54 Å². The van der Waals surface area contributed by atoms with Gasteiger partial charge in [-0.25, -0.2) is 0 Å². The zero-order chi connectivity index (χ0) is 12.5. The summed E-state index contributed by atoms with van der Waals surface area (Å²) >= 11 is 0. The fourth-order valence-corrected chi connectivity index (χ4v) is 2.99. The average molecular weight is 236 g/mol. The standard InChI is InChI=1S/C13H24N4/c1-11-8-17-6-3-4-12(17)9-16(11)7-5-13(2,15)10-14/h11-12H,3-9,15H2,1-2H3. The summed E-state index contributed by atoms with van der Waals surface area (Å²) in [6, 6.07) is 3.53. The Kier molecular flexibility index (Phi) is 3.72. The van der Waals surface area contributed by atoms with Gasteiger partial charge in [0.1, 0.15) is 5.54 Å². The third kappa shape index (κ3) is 2.98. The molecule has 0 aromatic carbocycles. The highest BCUT2D eigenvalue weighted by Gasteiger charge is 2.34. The summed E-state index contributed by atoms with van der Waals surface area (Å²) in [5.41, 5.74) is 5.21. The topological polar surface area (TPSA) is 56.3 Å². The van der Waals surface area contributed by atoms with Gasteiger partial charge in [0.2, 0.25) is 0 Å². The molecule has 2 N–H and O–H groups in total. The van der Waals surface area contributed by atoms with E-state index in [4.69, 9.17) is 11.0 Å². The first kappa shape index (κ1) is 12.8. The highest BCUT2D eigenvalue weighted by atomic mass is 15.3. The van der Waals surface area contributed by atoms with Crippen molar-refractivity contribution in [2.24, 2.45) is 5.73 Å². The summed E-state index contributed by atoms with van der Waals surface area (Å²) in [7, 11) is 0. The maximum atomic E-state index is 8.94. The molecule has 0 spiro atoms. The van der Waals surface area contributed by atoms with Crippen molar-refractivity contribution in [3.63, 3.8) is 0 Å². The highest BCUT2D eigenvalue weighted by Crippen LogP contribution is 2.25. The lowest BCUT2D eigenvalue weighted by atomic mass is 9.99. The summed E-state index contributed by atoms with van der Waals surface area (Å²) in [5, 5.41) is 8.94. The van der Waals surface area contributed by atoms with Crippen LogP contribution in [0, 0.1) is 11.3 Å². The highest BCUT2D eigenvalue weighted by molar-refractivity contribution is 5.02. The van der Waals surface area contributed by atoms with Gasteiger partial charge in [-0.2, -0.15) is 5.26 Å². The molecule has 2 aliphatic rings. The van der Waals surface area contributed by atoms with Crippen molar-refractivity contribution in [1.29, 1.82) is 5.26 Å². The molecule has 2 fully saturated rings. The van der Waals surface area contributed by atoms with Crippen LogP contribution in [0.3, 0.4) is 0 Å². The maximum absolute atomic E-state index is 8.94. The van der Waals surface area contributed by atoms with Gasteiger partial charge in [-0.15, -0.1) is 0 Å². The molecule has 0 aromatic rings. The number of rotatable bonds is 3. The molecule has 0 aliphatic carbocycles. The molecule has 4 heteroatoms. The predicted molar refractivity (Wildman–Crippen MR) is 68.5 cm³/mol. The summed E-state index contributed by atoms with van der Waals surface area (Å²) < 4.78 is 0. The van der Waals surface area contributed by atoms with E-state index >= 15 is 0 Å². The van der Waals surface area contributed by atoms with Crippen molar-refractivity contribution >= 4 is 0 Å². The molecular weight excluding hydrogens is 212 g/mol. The van der Waals surface area contributed by atoms with Crippen LogP contribution in [0.15, 0.2) is 0 Å². The van der Waals surface area contributed by atoms with Crippen LogP contribution in [0.5, 0.6) is 0 Å². The molecule has 2 heterocycles. The molecule has 0 bridgehead atoms. The van der Waals surface area contributed by atoms with Crippen molar-refractivity contribution in [1.82, 2.24) is 9.80 Å². The second-order valence-electron chi connectivity index (χ2n) is 5.91. The van der Waals surface area contributed by atoms with Crippen LogP contribution < -0.4 is 5.73 Å². The first-order chi connectivity index (χ1) is 8.02. The minimum absolute atomic E-state index is 0.596. The van der Waals surface area contributed by atoms with Crippen LogP contribution in [0.4, 0.5) is 0 Å². The SMILES string of the molecule is CC1CN2CCCC2CN1CCC(C)(N)C#N. The molecule has 0 aromatic heterocycles. The lowest BCUT2D eigenvalue weighted by Crippen LogP contribution is -2.56. The number of fused-ring (bicyclic) bond motifs is 1. The van der Waals surface area contributed by atoms with Crippen molar-refractivity contribution in [3.8, 4) is 6.07 Å². The van der Waals surface area contributed by atoms with Gasteiger partial charge >= 0.3 is 0 Å². The van der Waals surface area contributed by atoms with Gasteiger partial charge in [-0.3, -0.25) is 9.80 Å². The Labute approximate surface area is 104 Å². The predicted octanol–water partition coefficient (Wildman–Crippen LogP) is 0.786. The Hall–Kier alpha value is -0.630. The van der Waals surface area contributed by atoms with Crippen LogP contribution in [-0.4, -0.2) is 53.6 Å². The van der Waals surface area contributed by atoms with E-state index in [1.807, 2.05) is 6.92 Å². The van der Waals surface area contributed by atoms with Crippen molar-refractivity contribution < 1.29 is 0 Å². The molecule has 0 saturated carbocycles. The van der Waals surface area contributed by atoms with Crippen molar-refractivity contribution in [2.75, 3.05) is 26.2 Å². The maximum Gasteiger partial charge on any atom is 0.102 e. The van der Waals surface area contributed by atoms with Gasteiger partial charge in [-0.1, -0.05) is 0 Å². The molecule has 3 unspecified atom stereocenters. The van der Waals surface area contributed by atoms with Gasteiger partial charge in [0.05, 0.1) is 6.07 Å². The van der Waals surface area contributed by atoms with Gasteiger partial charge in [-0.05, 0) is 39.7 Å². The van der Waals surface area contributed by atoms with Crippen LogP contribution in [0.2, 0.25) is 0 Å². The third-order valence-corrected chi connectivity index (χ3v) is 4.24. The van der Waals surface area contributed by atoms with Crippen molar-refractivity contribution in [3.05, 3.63) is 0 Å². The number of nitrogens with zero attached hydrogens (tertiary/aromatic N) is 3. The largest absolute Gasteiger partial charge is 0.314 e. The molecular formula is C13H24N4. The Balaban J connectivity index is 1.87. The Morgan fingerprint density at radius 3 is 2.94 bits per heavy atom. The normalized spacial score (nSPS) is 34.0. The molecule has 3 atom stereocenters. The number of nitrogens with two attached hydrogens (primary N) is 1. The van der Waals surface area contributed by atoms with E-state index in [0.29, 0.717) is 6.04 Å². The minimum Gasteiger partial charge on any atom is -0.314 e. The van der Waals surface area contributed by atoms with Gasteiger partial charge in [0.15, 0.2) is 0 Å². The van der Waals surface area contributed by atoms with Gasteiger partial charge in [0, 0.05) is 31.7 Å². The monoisotopic (exact) mass is 236 g/mol. The van der Waals surface area contributed by atoms with Crippen LogP contribution >= 0.6 is 0 Å². The molecule has 0 amide bonds. The third-order valence-electron chi connectivity index (χ3n) is 4.24. The van der Waals surface area contributed by atoms with E-state index in [9.17, 15) is 0 Å². The van der Waals surface area contributed by atoms with Gasteiger partial charge < -0.3 is 5.73 Å². The molecule has 2 aliphatic heterocycles. The molecule has 2 rings (SSSR count). The van der Waals surface area contributed by atoms with E-state index in [-0.39, 0.29) is 0 Å². The first-order valence-electron chi connectivity index (χ1n) is 6.70. The second-order valence-corrected chi connectivity index (χ2v) is 5.91. The lowest BCUT2D eigenvalue weighted by Gasteiger charge is -2.42. The van der Waals surface area contributed by atoms with E-state index in [1.54, 1.807) is 0 Å². The summed E-state index contributed by atoms with van der Waals surface area (Å²) in [5.74, 6) is 0. The molecule has 0 radical (unpaired) electrons. The number of hydrogen-bond acceptors (Lipinski definition) is 4. The van der Waals surface area contributed by atoms with Crippen LogP contribution in [0.25, 0.3) is 0 Å². The lowest BCUT2D eigenvalue weighted by molar-refractivity contribution is 0.0563. The first-order valence-corrected chi connectivity index (χ1v) is 6.70. The quantitative estimate of drug-likeness (QED) is 0.787. The summed E-state index contributed by atoms with van der Waals surface area (Å²) in [6.07, 6.45) is 3.44. The zero-order valence-corrected chi connectivity index (χ0v) is 11.0. The number of nitriles is 1. The van der Waals surface area contributed by atoms with Crippen molar-refractivity contribution in [2.45, 2.75) is 50.7 Å². The minimum atomic E-state index is -0.674.